The third-order valence-corrected chi connectivity index (χ3v) is 14.4. The van der Waals surface area contributed by atoms with Crippen LogP contribution in [0.4, 0.5) is 0 Å². The molecule has 5 aliphatic carbocycles. The molecular formula is C46H35NS. The van der Waals surface area contributed by atoms with Gasteiger partial charge in [0.25, 0.3) is 0 Å². The average molecular weight is 634 g/mol. The summed E-state index contributed by atoms with van der Waals surface area (Å²) < 4.78 is 5.29. The van der Waals surface area contributed by atoms with Crippen molar-refractivity contribution in [1.29, 1.82) is 0 Å². The van der Waals surface area contributed by atoms with Crippen LogP contribution in [0.15, 0.2) is 127 Å². The van der Waals surface area contributed by atoms with Gasteiger partial charge in [-0.15, -0.1) is 11.3 Å². The van der Waals surface area contributed by atoms with Crippen LogP contribution in [0, 0.1) is 23.7 Å². The van der Waals surface area contributed by atoms with Crippen molar-refractivity contribution < 1.29 is 0 Å². The van der Waals surface area contributed by atoms with Crippen LogP contribution in [0.2, 0.25) is 0 Å². The molecule has 0 N–H and O–H groups in total. The SMILES string of the molecule is c1ccc2c(c1)-c1ccc(-n3c4ccccc4c4cc(-c5cccc6c5sc5ccccc56)ccc43)cc1C21C2CC3CC(C2)CC1C3. The maximum atomic E-state index is 2.63. The van der Waals surface area contributed by atoms with E-state index in [4.69, 9.17) is 0 Å². The molecular weight excluding hydrogens is 599 g/mol. The van der Waals surface area contributed by atoms with Crippen LogP contribution < -0.4 is 0 Å². The lowest BCUT2D eigenvalue weighted by atomic mass is 9.43. The van der Waals surface area contributed by atoms with Crippen molar-refractivity contribution in [2.24, 2.45) is 23.7 Å². The van der Waals surface area contributed by atoms with E-state index in [1.54, 1.807) is 11.1 Å². The van der Waals surface area contributed by atoms with Gasteiger partial charge >= 0.3 is 0 Å². The minimum Gasteiger partial charge on any atom is -0.309 e. The molecule has 230 valence electrons. The number of para-hydroxylation sites is 1. The fraction of sp³-hybridized carbons (Fsp3) is 0.217. The van der Waals surface area contributed by atoms with Crippen molar-refractivity contribution in [2.45, 2.75) is 37.5 Å². The molecule has 4 saturated carbocycles. The van der Waals surface area contributed by atoms with Gasteiger partial charge in [0, 0.05) is 42.0 Å². The molecule has 1 spiro atoms. The second-order valence-electron chi connectivity index (χ2n) is 15.3. The third kappa shape index (κ3) is 3.23. The Morgan fingerprint density at radius 3 is 2.06 bits per heavy atom. The highest BCUT2D eigenvalue weighted by Gasteiger charge is 2.61. The van der Waals surface area contributed by atoms with Crippen molar-refractivity contribution >= 4 is 53.3 Å². The number of rotatable bonds is 2. The zero-order valence-corrected chi connectivity index (χ0v) is 27.6. The minimum atomic E-state index is 0.171. The van der Waals surface area contributed by atoms with Gasteiger partial charge in [0.05, 0.1) is 11.0 Å². The lowest BCUT2D eigenvalue weighted by molar-refractivity contribution is -0.0399. The second kappa shape index (κ2) is 9.27. The topological polar surface area (TPSA) is 4.93 Å². The molecule has 0 atom stereocenters. The lowest BCUT2D eigenvalue weighted by Gasteiger charge is -2.61. The van der Waals surface area contributed by atoms with E-state index in [0.717, 1.165) is 23.7 Å². The molecule has 2 aromatic heterocycles. The van der Waals surface area contributed by atoms with Crippen molar-refractivity contribution in [3.63, 3.8) is 0 Å². The molecule has 2 heteroatoms. The molecule has 0 radical (unpaired) electrons. The van der Waals surface area contributed by atoms with Crippen molar-refractivity contribution in [2.75, 3.05) is 0 Å². The number of nitrogens with zero attached hydrogens (tertiary/aromatic N) is 1. The Morgan fingerprint density at radius 2 is 1.19 bits per heavy atom. The zero-order valence-electron chi connectivity index (χ0n) is 26.8. The maximum absolute atomic E-state index is 2.63. The Labute approximate surface area is 284 Å². The molecule has 4 bridgehead atoms. The summed E-state index contributed by atoms with van der Waals surface area (Å²) in [5, 5.41) is 5.36. The average Bonchev–Trinajstić information content (AvgIpc) is 3.76. The van der Waals surface area contributed by atoms with E-state index in [-0.39, 0.29) is 5.41 Å². The van der Waals surface area contributed by atoms with Gasteiger partial charge in [0.1, 0.15) is 0 Å². The van der Waals surface area contributed by atoms with Crippen LogP contribution in [0.5, 0.6) is 0 Å². The molecule has 1 nitrogen and oxygen atoms in total. The summed E-state index contributed by atoms with van der Waals surface area (Å²) in [4.78, 5) is 0. The van der Waals surface area contributed by atoms with Crippen LogP contribution in [0.25, 0.3) is 69.9 Å². The maximum Gasteiger partial charge on any atom is 0.0541 e. The highest BCUT2D eigenvalue weighted by molar-refractivity contribution is 7.26. The summed E-state index contributed by atoms with van der Waals surface area (Å²) in [7, 11) is 0. The Kier molecular flexibility index (Phi) is 5.08. The first kappa shape index (κ1) is 26.3. The number of hydrogen-bond donors (Lipinski definition) is 0. The summed E-state index contributed by atoms with van der Waals surface area (Å²) in [6.07, 6.45) is 7.13. The van der Waals surface area contributed by atoms with Crippen LogP contribution in [0.1, 0.15) is 43.2 Å². The monoisotopic (exact) mass is 633 g/mol. The smallest absolute Gasteiger partial charge is 0.0541 e. The van der Waals surface area contributed by atoms with Gasteiger partial charge in [-0.25, -0.2) is 0 Å². The molecule has 0 saturated heterocycles. The summed E-state index contributed by atoms with van der Waals surface area (Å²) >= 11 is 1.92. The quantitative estimate of drug-likeness (QED) is 0.178. The van der Waals surface area contributed by atoms with E-state index in [2.05, 4.69) is 132 Å². The zero-order chi connectivity index (χ0) is 31.1. The molecule has 8 aromatic rings. The summed E-state index contributed by atoms with van der Waals surface area (Å²) in [6.45, 7) is 0. The molecule has 4 fully saturated rings. The number of benzene rings is 6. The van der Waals surface area contributed by atoms with Gasteiger partial charge in [0.15, 0.2) is 0 Å². The number of hydrogen-bond acceptors (Lipinski definition) is 1. The van der Waals surface area contributed by atoms with E-state index in [9.17, 15) is 0 Å². The molecule has 6 aromatic carbocycles. The second-order valence-corrected chi connectivity index (χ2v) is 16.4. The lowest BCUT2D eigenvalue weighted by Crippen LogP contribution is -2.55. The fourth-order valence-electron chi connectivity index (χ4n) is 11.7. The molecule has 0 amide bonds. The fourth-order valence-corrected chi connectivity index (χ4v) is 12.9. The van der Waals surface area contributed by atoms with Crippen molar-refractivity contribution in [3.05, 3.63) is 139 Å². The van der Waals surface area contributed by atoms with E-state index < -0.39 is 0 Å². The first-order valence-corrected chi connectivity index (χ1v) is 18.8. The number of fused-ring (bicyclic) bond motifs is 9. The highest BCUT2D eigenvalue weighted by Crippen LogP contribution is 2.69. The summed E-state index contributed by atoms with van der Waals surface area (Å²) in [5.74, 6) is 3.43. The first-order valence-electron chi connectivity index (χ1n) is 17.9. The van der Waals surface area contributed by atoms with E-state index in [1.165, 1.54) is 102 Å². The predicted molar refractivity (Wildman–Crippen MR) is 202 cm³/mol. The van der Waals surface area contributed by atoms with Gasteiger partial charge in [-0.1, -0.05) is 91.0 Å². The minimum absolute atomic E-state index is 0.171. The van der Waals surface area contributed by atoms with E-state index in [1.807, 2.05) is 11.3 Å². The van der Waals surface area contributed by atoms with E-state index >= 15 is 0 Å². The van der Waals surface area contributed by atoms with Crippen LogP contribution in [-0.4, -0.2) is 4.57 Å². The normalized spacial score (nSPS) is 25.2. The molecule has 13 rings (SSSR count). The van der Waals surface area contributed by atoms with Gasteiger partial charge in [-0.3, -0.25) is 0 Å². The Balaban J connectivity index is 1.08. The first-order chi connectivity index (χ1) is 23.8. The number of aromatic nitrogens is 1. The highest BCUT2D eigenvalue weighted by atomic mass is 32.1. The molecule has 2 heterocycles. The Hall–Kier alpha value is -4.66. The Bertz CT molecular complexity index is 2620. The summed E-state index contributed by atoms with van der Waals surface area (Å²) in [5.41, 5.74) is 12.9. The molecule has 0 aliphatic heterocycles. The predicted octanol–water partition coefficient (Wildman–Crippen LogP) is 12.5. The van der Waals surface area contributed by atoms with Gasteiger partial charge in [-0.05, 0) is 126 Å². The van der Waals surface area contributed by atoms with Crippen LogP contribution in [-0.2, 0) is 5.41 Å². The largest absolute Gasteiger partial charge is 0.309 e. The van der Waals surface area contributed by atoms with Crippen molar-refractivity contribution in [3.8, 4) is 27.9 Å². The van der Waals surface area contributed by atoms with Crippen molar-refractivity contribution in [1.82, 2.24) is 4.57 Å². The third-order valence-electron chi connectivity index (χ3n) is 13.2. The molecule has 0 unspecified atom stereocenters. The van der Waals surface area contributed by atoms with E-state index in [0.29, 0.717) is 0 Å². The molecule has 5 aliphatic rings. The van der Waals surface area contributed by atoms with Crippen LogP contribution >= 0.6 is 11.3 Å². The number of thiophene rings is 1. The standard InChI is InChI=1S/C46H35NS/c1-4-13-40-34(8-1)35-18-17-32(26-41(35)46(40)30-21-27-20-28(23-30)24-31(46)22-27)47-42-14-5-2-9-36(42)39-25-29(16-19-43(39)47)33-11-7-12-38-37-10-3-6-15-44(37)48-45(33)38/h1-19,25-28,30-31H,20-24H2. The van der Waals surface area contributed by atoms with Gasteiger partial charge < -0.3 is 4.57 Å². The summed E-state index contributed by atoms with van der Waals surface area (Å²) in [6, 6.07) is 48.9. The van der Waals surface area contributed by atoms with Gasteiger partial charge in [0.2, 0.25) is 0 Å². The van der Waals surface area contributed by atoms with Gasteiger partial charge in [-0.2, -0.15) is 0 Å². The van der Waals surface area contributed by atoms with Crippen LogP contribution in [0.3, 0.4) is 0 Å². The molecule has 48 heavy (non-hydrogen) atoms. The Morgan fingerprint density at radius 1 is 0.500 bits per heavy atom.